The molecule has 0 aliphatic rings. The van der Waals surface area contributed by atoms with Crippen LogP contribution in [0.15, 0.2) is 18.2 Å². The van der Waals surface area contributed by atoms with Gasteiger partial charge in [-0.25, -0.2) is 12.8 Å². The molecule has 4 nitrogen and oxygen atoms in total. The fourth-order valence-electron chi connectivity index (χ4n) is 1.26. The Bertz CT molecular complexity index is 474. The Hall–Kier alpha value is -1.14. The van der Waals surface area contributed by atoms with Crippen molar-refractivity contribution in [3.63, 3.8) is 0 Å². The van der Waals surface area contributed by atoms with Gasteiger partial charge in [0.1, 0.15) is 5.82 Å². The van der Waals surface area contributed by atoms with Crippen LogP contribution in [0, 0.1) is 5.82 Å². The molecule has 1 aromatic carbocycles. The van der Waals surface area contributed by atoms with E-state index in [1.165, 1.54) is 12.1 Å². The largest absolute Gasteiger partial charge is 0.330 e. The minimum atomic E-state index is -3.45. The van der Waals surface area contributed by atoms with Crippen LogP contribution in [-0.2, 0) is 10.0 Å². The van der Waals surface area contributed by atoms with Gasteiger partial charge in [0.25, 0.3) is 0 Å². The number of benzene rings is 1. The number of anilines is 1. The van der Waals surface area contributed by atoms with Crippen molar-refractivity contribution in [1.82, 2.24) is 0 Å². The Morgan fingerprint density at radius 2 is 2.12 bits per heavy atom. The van der Waals surface area contributed by atoms with Gasteiger partial charge in [-0.3, -0.25) is 4.72 Å². The summed E-state index contributed by atoms with van der Waals surface area (Å²) in [6.45, 7) is 2.29. The molecule has 90 valence electrons. The predicted molar refractivity (Wildman–Crippen MR) is 62.3 cm³/mol. The van der Waals surface area contributed by atoms with E-state index in [9.17, 15) is 12.8 Å². The first-order valence-corrected chi connectivity index (χ1v) is 6.70. The maximum Gasteiger partial charge on any atom is 0.229 e. The number of nitrogens with one attached hydrogen (secondary N) is 1. The smallest absolute Gasteiger partial charge is 0.229 e. The highest BCUT2D eigenvalue weighted by Crippen LogP contribution is 2.21. The van der Waals surface area contributed by atoms with Crippen LogP contribution in [0.3, 0.4) is 0 Å². The first kappa shape index (κ1) is 12.9. The first-order valence-electron chi connectivity index (χ1n) is 4.81. The van der Waals surface area contributed by atoms with Gasteiger partial charge in [-0.15, -0.1) is 0 Å². The Kier molecular flexibility index (Phi) is 3.88. The zero-order chi connectivity index (χ0) is 12.3. The van der Waals surface area contributed by atoms with Gasteiger partial charge in [0.2, 0.25) is 10.0 Å². The van der Waals surface area contributed by atoms with Crippen LogP contribution in [0.2, 0.25) is 0 Å². The van der Waals surface area contributed by atoms with Crippen molar-refractivity contribution in [1.29, 1.82) is 0 Å². The average Bonchev–Trinajstić information content (AvgIpc) is 2.18. The summed E-state index contributed by atoms with van der Waals surface area (Å²) in [4.78, 5) is 0. The molecule has 1 unspecified atom stereocenters. The molecular weight excluding hydrogens is 231 g/mol. The summed E-state index contributed by atoms with van der Waals surface area (Å²) < 4.78 is 37.5. The number of hydrogen-bond donors (Lipinski definition) is 2. The molecule has 3 N–H and O–H groups in total. The maximum absolute atomic E-state index is 13.5. The lowest BCUT2D eigenvalue weighted by molar-refractivity contribution is 0.603. The summed E-state index contributed by atoms with van der Waals surface area (Å²) in [5, 5.41) is 0. The topological polar surface area (TPSA) is 72.2 Å². The third kappa shape index (κ3) is 3.46. The number of nitrogens with two attached hydrogens (primary N) is 1. The lowest BCUT2D eigenvalue weighted by Crippen LogP contribution is -2.12. The van der Waals surface area contributed by atoms with Crippen LogP contribution in [0.25, 0.3) is 0 Å². The van der Waals surface area contributed by atoms with Gasteiger partial charge in [-0.05, 0) is 30.2 Å². The standard InChI is InChI=1S/C10H15FN2O2S/c1-7(6-12)8-3-4-10(9(11)5-8)13-16(2,14)15/h3-5,7,13H,6,12H2,1-2H3. The number of halogens is 1. The number of rotatable bonds is 4. The van der Waals surface area contributed by atoms with Gasteiger partial charge >= 0.3 is 0 Å². The van der Waals surface area contributed by atoms with E-state index >= 15 is 0 Å². The first-order chi connectivity index (χ1) is 7.33. The van der Waals surface area contributed by atoms with Crippen LogP contribution in [0.1, 0.15) is 18.4 Å². The molecule has 0 aliphatic carbocycles. The highest BCUT2D eigenvalue weighted by atomic mass is 32.2. The van der Waals surface area contributed by atoms with Crippen molar-refractivity contribution in [2.45, 2.75) is 12.8 Å². The van der Waals surface area contributed by atoms with Crippen LogP contribution < -0.4 is 10.5 Å². The zero-order valence-corrected chi connectivity index (χ0v) is 10.0. The van der Waals surface area contributed by atoms with E-state index in [1.54, 1.807) is 6.07 Å². The third-order valence-electron chi connectivity index (χ3n) is 2.21. The minimum absolute atomic E-state index is 0.0433. The molecule has 0 bridgehead atoms. The highest BCUT2D eigenvalue weighted by molar-refractivity contribution is 7.92. The molecule has 6 heteroatoms. The van der Waals surface area contributed by atoms with Crippen LogP contribution in [0.5, 0.6) is 0 Å². The highest BCUT2D eigenvalue weighted by Gasteiger charge is 2.10. The maximum atomic E-state index is 13.5. The predicted octanol–water partition coefficient (Wildman–Crippen LogP) is 1.26. The van der Waals surface area contributed by atoms with Crippen molar-refractivity contribution < 1.29 is 12.8 Å². The molecule has 0 aromatic heterocycles. The van der Waals surface area contributed by atoms with E-state index in [1.807, 2.05) is 6.92 Å². The molecule has 1 atom stereocenters. The van der Waals surface area contributed by atoms with E-state index in [2.05, 4.69) is 4.72 Å². The van der Waals surface area contributed by atoms with Crippen molar-refractivity contribution in [2.75, 3.05) is 17.5 Å². The van der Waals surface area contributed by atoms with Crippen molar-refractivity contribution in [3.8, 4) is 0 Å². The average molecular weight is 246 g/mol. The Balaban J connectivity index is 3.01. The molecule has 1 rings (SSSR count). The van der Waals surface area contributed by atoms with Crippen molar-refractivity contribution >= 4 is 15.7 Å². The van der Waals surface area contributed by atoms with Crippen molar-refractivity contribution in [2.24, 2.45) is 5.73 Å². The SMILES string of the molecule is CC(CN)c1ccc(NS(C)(=O)=O)c(F)c1. The second-order valence-corrected chi connectivity index (χ2v) is 5.50. The molecule has 0 spiro atoms. The second-order valence-electron chi connectivity index (χ2n) is 3.75. The Morgan fingerprint density at radius 1 is 1.50 bits per heavy atom. The van der Waals surface area contributed by atoms with E-state index in [0.29, 0.717) is 6.54 Å². The van der Waals surface area contributed by atoms with Gasteiger partial charge in [-0.1, -0.05) is 13.0 Å². The zero-order valence-electron chi connectivity index (χ0n) is 9.20. The van der Waals surface area contributed by atoms with Crippen LogP contribution in [0.4, 0.5) is 10.1 Å². The summed E-state index contributed by atoms with van der Waals surface area (Å²) >= 11 is 0. The molecule has 0 heterocycles. The van der Waals surface area contributed by atoms with Gasteiger partial charge in [0.15, 0.2) is 0 Å². The monoisotopic (exact) mass is 246 g/mol. The lowest BCUT2D eigenvalue weighted by Gasteiger charge is -2.11. The molecular formula is C10H15FN2O2S. The summed E-state index contributed by atoms with van der Waals surface area (Å²) in [6, 6.07) is 4.36. The molecule has 1 aromatic rings. The van der Waals surface area contributed by atoms with Gasteiger partial charge in [0.05, 0.1) is 11.9 Å². The quantitative estimate of drug-likeness (QED) is 0.840. The fourth-order valence-corrected chi connectivity index (χ4v) is 1.82. The minimum Gasteiger partial charge on any atom is -0.330 e. The van der Waals surface area contributed by atoms with Gasteiger partial charge < -0.3 is 5.73 Å². The van der Waals surface area contributed by atoms with Crippen LogP contribution >= 0.6 is 0 Å². The molecule has 0 fully saturated rings. The van der Waals surface area contributed by atoms with Gasteiger partial charge in [0, 0.05) is 0 Å². The Morgan fingerprint density at radius 3 is 2.56 bits per heavy atom. The van der Waals surface area contributed by atoms with Crippen LogP contribution in [-0.4, -0.2) is 21.2 Å². The van der Waals surface area contributed by atoms with E-state index in [0.717, 1.165) is 11.8 Å². The molecule has 16 heavy (non-hydrogen) atoms. The van der Waals surface area contributed by atoms with E-state index in [-0.39, 0.29) is 11.6 Å². The normalized spacial score (nSPS) is 13.5. The lowest BCUT2D eigenvalue weighted by atomic mass is 10.0. The summed E-state index contributed by atoms with van der Waals surface area (Å²) in [6.07, 6.45) is 0.975. The summed E-state index contributed by atoms with van der Waals surface area (Å²) in [5.74, 6) is -0.551. The molecule has 0 saturated carbocycles. The molecule has 0 radical (unpaired) electrons. The summed E-state index contributed by atoms with van der Waals surface area (Å²) in [5.41, 5.74) is 6.16. The Labute approximate surface area is 94.7 Å². The second kappa shape index (κ2) is 4.80. The molecule has 0 aliphatic heterocycles. The molecule has 0 amide bonds. The number of hydrogen-bond acceptors (Lipinski definition) is 3. The molecule has 0 saturated heterocycles. The third-order valence-corrected chi connectivity index (χ3v) is 2.80. The summed E-state index contributed by atoms with van der Waals surface area (Å²) in [7, 11) is -3.45. The van der Waals surface area contributed by atoms with E-state index < -0.39 is 15.8 Å². The number of sulfonamides is 1. The fraction of sp³-hybridized carbons (Fsp3) is 0.400. The van der Waals surface area contributed by atoms with E-state index in [4.69, 9.17) is 5.73 Å². The van der Waals surface area contributed by atoms with Gasteiger partial charge in [-0.2, -0.15) is 0 Å². The van der Waals surface area contributed by atoms with Crippen molar-refractivity contribution in [3.05, 3.63) is 29.6 Å².